The molecule has 0 saturated heterocycles. The highest BCUT2D eigenvalue weighted by molar-refractivity contribution is 5.89. The summed E-state index contributed by atoms with van der Waals surface area (Å²) < 4.78 is 9.58. The van der Waals surface area contributed by atoms with Crippen molar-refractivity contribution in [1.29, 1.82) is 5.26 Å². The first-order valence-corrected chi connectivity index (χ1v) is 11.2. The molecule has 0 radical (unpaired) electrons. The minimum absolute atomic E-state index is 0.0917. The third-order valence-corrected chi connectivity index (χ3v) is 6.25. The zero-order chi connectivity index (χ0) is 24.4. The molecule has 176 valence electrons. The molecule has 33 heavy (non-hydrogen) atoms. The van der Waals surface area contributed by atoms with Gasteiger partial charge in [0.05, 0.1) is 36.8 Å². The van der Waals surface area contributed by atoms with Gasteiger partial charge in [0.15, 0.2) is 0 Å². The monoisotopic (exact) mass is 450 g/mol. The van der Waals surface area contributed by atoms with Crippen LogP contribution in [0, 0.1) is 17.2 Å². The summed E-state index contributed by atoms with van der Waals surface area (Å²) >= 11 is 0. The molecule has 0 aliphatic heterocycles. The minimum Gasteiger partial charge on any atom is -0.465 e. The molecule has 0 spiro atoms. The fourth-order valence-electron chi connectivity index (χ4n) is 4.04. The van der Waals surface area contributed by atoms with E-state index in [-0.39, 0.29) is 11.9 Å². The van der Waals surface area contributed by atoms with Crippen LogP contribution in [-0.2, 0) is 21.3 Å². The van der Waals surface area contributed by atoms with Crippen LogP contribution in [0.3, 0.4) is 0 Å². The highest BCUT2D eigenvalue weighted by Crippen LogP contribution is 2.37. The molecule has 0 heterocycles. The Morgan fingerprint density at radius 3 is 2.21 bits per heavy atom. The molecule has 0 saturated carbocycles. The van der Waals surface area contributed by atoms with Gasteiger partial charge < -0.3 is 14.4 Å². The van der Waals surface area contributed by atoms with Gasteiger partial charge in [0, 0.05) is 6.54 Å². The van der Waals surface area contributed by atoms with Gasteiger partial charge in [0.1, 0.15) is 0 Å². The second-order valence-corrected chi connectivity index (χ2v) is 8.66. The molecule has 0 fully saturated rings. The number of nitriles is 1. The number of benzene rings is 2. The van der Waals surface area contributed by atoms with Crippen LogP contribution in [0.2, 0.25) is 0 Å². The smallest absolute Gasteiger partial charge is 0.337 e. The van der Waals surface area contributed by atoms with E-state index < -0.39 is 11.4 Å². The summed E-state index contributed by atoms with van der Waals surface area (Å²) in [5.74, 6) is -0.636. The van der Waals surface area contributed by atoms with Crippen molar-refractivity contribution in [2.75, 3.05) is 34.4 Å². The maximum Gasteiger partial charge on any atom is 0.337 e. The van der Waals surface area contributed by atoms with Crippen LogP contribution >= 0.6 is 0 Å². The van der Waals surface area contributed by atoms with E-state index in [0.29, 0.717) is 17.5 Å². The second kappa shape index (κ2) is 12.2. The van der Waals surface area contributed by atoms with Crippen LogP contribution in [0.15, 0.2) is 48.5 Å². The number of hydrogen-bond acceptors (Lipinski definition) is 6. The third kappa shape index (κ3) is 6.66. The van der Waals surface area contributed by atoms with Crippen LogP contribution in [0.4, 0.5) is 0 Å². The third-order valence-electron chi connectivity index (χ3n) is 6.25. The number of likely N-dealkylation sites (N-methyl/N-ethyl adjacent to an activating group) is 1. The molecule has 0 aromatic heterocycles. The standard InChI is InChI=1S/C27H34N2O4/c1-20(2)27(19-28,24-9-6-8-23(18-24)26(31)33-5)15-7-16-29(3)17-14-21-10-12-22(13-11-21)25(30)32-4/h6,8-13,18,20H,7,14-17H2,1-5H3. The van der Waals surface area contributed by atoms with Crippen molar-refractivity contribution in [2.45, 2.75) is 38.5 Å². The summed E-state index contributed by atoms with van der Waals surface area (Å²) in [5.41, 5.74) is 2.35. The van der Waals surface area contributed by atoms with Gasteiger partial charge in [0.25, 0.3) is 0 Å². The predicted molar refractivity (Wildman–Crippen MR) is 128 cm³/mol. The number of rotatable bonds is 11. The lowest BCUT2D eigenvalue weighted by molar-refractivity contribution is 0.0591. The molecule has 2 rings (SSSR count). The highest BCUT2D eigenvalue weighted by Gasteiger charge is 2.36. The number of carbonyl (C=O) groups excluding carboxylic acids is 2. The Hall–Kier alpha value is -3.17. The normalized spacial score (nSPS) is 12.8. The first-order chi connectivity index (χ1) is 15.8. The number of hydrogen-bond donors (Lipinski definition) is 0. The van der Waals surface area contributed by atoms with Crippen LogP contribution in [-0.4, -0.2) is 51.2 Å². The zero-order valence-electron chi connectivity index (χ0n) is 20.3. The maximum atomic E-state index is 12.0. The van der Waals surface area contributed by atoms with Crippen molar-refractivity contribution in [3.05, 3.63) is 70.8 Å². The predicted octanol–water partition coefficient (Wildman–Crippen LogP) is 4.63. The summed E-state index contributed by atoms with van der Waals surface area (Å²) in [6, 6.07) is 17.3. The fraction of sp³-hybridized carbons (Fsp3) is 0.444. The number of esters is 2. The van der Waals surface area contributed by atoms with Gasteiger partial charge in [0.2, 0.25) is 0 Å². The van der Waals surface area contributed by atoms with Gasteiger partial charge in [-0.15, -0.1) is 0 Å². The molecule has 0 amide bonds. The van der Waals surface area contributed by atoms with Crippen molar-refractivity contribution >= 4 is 11.9 Å². The molecule has 0 N–H and O–H groups in total. The lowest BCUT2D eigenvalue weighted by Gasteiger charge is -2.32. The molecule has 1 unspecified atom stereocenters. The van der Waals surface area contributed by atoms with Crippen LogP contribution in [0.5, 0.6) is 0 Å². The quantitative estimate of drug-likeness (QED) is 0.464. The Balaban J connectivity index is 1.98. The van der Waals surface area contributed by atoms with Gasteiger partial charge in [-0.3, -0.25) is 0 Å². The lowest BCUT2D eigenvalue weighted by Crippen LogP contribution is -2.33. The topological polar surface area (TPSA) is 79.6 Å². The van der Waals surface area contributed by atoms with Gasteiger partial charge >= 0.3 is 11.9 Å². The molecule has 6 nitrogen and oxygen atoms in total. The van der Waals surface area contributed by atoms with Crippen molar-refractivity contribution in [3.63, 3.8) is 0 Å². The average Bonchev–Trinajstić information content (AvgIpc) is 2.84. The first-order valence-electron chi connectivity index (χ1n) is 11.2. The second-order valence-electron chi connectivity index (χ2n) is 8.66. The number of methoxy groups -OCH3 is 2. The highest BCUT2D eigenvalue weighted by atomic mass is 16.5. The molecular weight excluding hydrogens is 416 g/mol. The molecule has 0 aliphatic carbocycles. The SMILES string of the molecule is COC(=O)c1ccc(CCN(C)CCCC(C#N)(c2cccc(C(=O)OC)c2)C(C)C)cc1. The van der Waals surface area contributed by atoms with E-state index in [1.54, 1.807) is 24.3 Å². The van der Waals surface area contributed by atoms with Crippen molar-refractivity contribution < 1.29 is 19.1 Å². The van der Waals surface area contributed by atoms with Crippen LogP contribution in [0.25, 0.3) is 0 Å². The Morgan fingerprint density at radius 2 is 1.64 bits per heavy atom. The first kappa shape index (κ1) is 26.1. The molecule has 0 aliphatic rings. The van der Waals surface area contributed by atoms with Crippen molar-refractivity contribution in [3.8, 4) is 6.07 Å². The van der Waals surface area contributed by atoms with Gasteiger partial charge in [-0.25, -0.2) is 9.59 Å². The van der Waals surface area contributed by atoms with E-state index in [2.05, 4.69) is 31.9 Å². The summed E-state index contributed by atoms with van der Waals surface area (Å²) in [4.78, 5) is 25.8. The Labute approximate surface area is 197 Å². The molecular formula is C27H34N2O4. The summed E-state index contributed by atoms with van der Waals surface area (Å²) in [7, 11) is 4.81. The zero-order valence-corrected chi connectivity index (χ0v) is 20.3. The Bertz CT molecular complexity index is 978. The van der Waals surface area contributed by atoms with E-state index in [1.165, 1.54) is 14.2 Å². The van der Waals surface area contributed by atoms with E-state index in [1.807, 2.05) is 24.3 Å². The van der Waals surface area contributed by atoms with E-state index >= 15 is 0 Å². The molecule has 2 aromatic rings. The number of nitrogens with zero attached hydrogens (tertiary/aromatic N) is 2. The Kier molecular flexibility index (Phi) is 9.62. The van der Waals surface area contributed by atoms with Gasteiger partial charge in [-0.05, 0) is 74.2 Å². The average molecular weight is 451 g/mol. The molecule has 1 atom stereocenters. The molecule has 0 bridgehead atoms. The van der Waals surface area contributed by atoms with Gasteiger partial charge in [-0.1, -0.05) is 38.1 Å². The Morgan fingerprint density at radius 1 is 1.00 bits per heavy atom. The van der Waals surface area contributed by atoms with Crippen LogP contribution in [0.1, 0.15) is 58.5 Å². The van der Waals surface area contributed by atoms with E-state index in [0.717, 1.165) is 37.1 Å². The van der Waals surface area contributed by atoms with E-state index in [9.17, 15) is 14.9 Å². The molecule has 2 aromatic carbocycles. The number of ether oxygens (including phenoxy) is 2. The van der Waals surface area contributed by atoms with Gasteiger partial charge in [-0.2, -0.15) is 5.26 Å². The minimum atomic E-state index is -0.672. The molecule has 6 heteroatoms. The summed E-state index contributed by atoms with van der Waals surface area (Å²) in [6.07, 6.45) is 2.42. The fourth-order valence-corrected chi connectivity index (χ4v) is 4.04. The summed E-state index contributed by atoms with van der Waals surface area (Å²) in [5, 5.41) is 10.2. The number of carbonyl (C=O) groups is 2. The summed E-state index contributed by atoms with van der Waals surface area (Å²) in [6.45, 7) is 5.83. The lowest BCUT2D eigenvalue weighted by atomic mass is 9.69. The maximum absolute atomic E-state index is 12.0. The van der Waals surface area contributed by atoms with Crippen molar-refractivity contribution in [2.24, 2.45) is 5.92 Å². The van der Waals surface area contributed by atoms with Crippen molar-refractivity contribution in [1.82, 2.24) is 4.90 Å². The van der Waals surface area contributed by atoms with Crippen LogP contribution < -0.4 is 0 Å². The largest absolute Gasteiger partial charge is 0.465 e. The van der Waals surface area contributed by atoms with E-state index in [4.69, 9.17) is 9.47 Å².